The molecule has 1 saturated heterocycles. The van der Waals surface area contributed by atoms with E-state index < -0.39 is 0 Å². The van der Waals surface area contributed by atoms with Crippen LogP contribution in [0.5, 0.6) is 0 Å². The number of benzene rings is 1. The van der Waals surface area contributed by atoms with Gasteiger partial charge >= 0.3 is 0 Å². The summed E-state index contributed by atoms with van der Waals surface area (Å²) in [5, 5.41) is 6.36. The van der Waals surface area contributed by atoms with Crippen LogP contribution in [-0.2, 0) is 4.79 Å². The molecule has 1 amide bonds. The van der Waals surface area contributed by atoms with Gasteiger partial charge in [0.25, 0.3) is 0 Å². The third-order valence-corrected chi connectivity index (χ3v) is 4.63. The standard InChI is InChI=1S/C16H24BrN3O/c1-2-20(11-13-7-9-18-10-8-13)12-16(21)19-15-6-4-3-5-14(15)17/h3-6,13,18H,2,7-12H2,1H3,(H,19,21). The van der Waals surface area contributed by atoms with Crippen molar-refractivity contribution in [3.63, 3.8) is 0 Å². The molecule has 0 aliphatic carbocycles. The van der Waals surface area contributed by atoms with Crippen LogP contribution in [0.25, 0.3) is 0 Å². The Hall–Kier alpha value is -0.910. The Labute approximate surface area is 135 Å². The number of carbonyl (C=O) groups is 1. The predicted octanol–water partition coefficient (Wildman–Crippen LogP) is 2.71. The number of rotatable bonds is 6. The highest BCUT2D eigenvalue weighted by Crippen LogP contribution is 2.21. The Balaban J connectivity index is 1.83. The van der Waals surface area contributed by atoms with Gasteiger partial charge < -0.3 is 10.6 Å². The van der Waals surface area contributed by atoms with Gasteiger partial charge in [0.05, 0.1) is 12.2 Å². The molecule has 0 atom stereocenters. The highest BCUT2D eigenvalue weighted by molar-refractivity contribution is 9.10. The van der Waals surface area contributed by atoms with Gasteiger partial charge in [0, 0.05) is 11.0 Å². The largest absolute Gasteiger partial charge is 0.324 e. The summed E-state index contributed by atoms with van der Waals surface area (Å²) in [5.74, 6) is 0.764. The van der Waals surface area contributed by atoms with E-state index in [0.717, 1.165) is 36.3 Å². The first-order valence-corrected chi connectivity index (χ1v) is 8.45. The van der Waals surface area contributed by atoms with Crippen LogP contribution in [0.2, 0.25) is 0 Å². The second-order valence-corrected chi connectivity index (χ2v) is 6.40. The second-order valence-electron chi connectivity index (χ2n) is 5.55. The number of hydrogen-bond donors (Lipinski definition) is 2. The summed E-state index contributed by atoms with van der Waals surface area (Å²) in [6, 6.07) is 7.70. The van der Waals surface area contributed by atoms with Gasteiger partial charge in [-0.2, -0.15) is 0 Å². The zero-order valence-corrected chi connectivity index (χ0v) is 14.2. The van der Waals surface area contributed by atoms with Crippen LogP contribution in [-0.4, -0.2) is 43.5 Å². The van der Waals surface area contributed by atoms with Gasteiger partial charge in [0.15, 0.2) is 0 Å². The van der Waals surface area contributed by atoms with E-state index in [2.05, 4.69) is 38.4 Å². The molecule has 0 radical (unpaired) electrons. The smallest absolute Gasteiger partial charge is 0.238 e. The lowest BCUT2D eigenvalue weighted by molar-refractivity contribution is -0.117. The third kappa shape index (κ3) is 5.41. The van der Waals surface area contributed by atoms with E-state index in [4.69, 9.17) is 0 Å². The fourth-order valence-corrected chi connectivity index (χ4v) is 3.07. The number of anilines is 1. The molecule has 1 aromatic rings. The topological polar surface area (TPSA) is 44.4 Å². The number of hydrogen-bond acceptors (Lipinski definition) is 3. The Morgan fingerprint density at radius 1 is 1.38 bits per heavy atom. The molecule has 1 fully saturated rings. The minimum absolute atomic E-state index is 0.0534. The lowest BCUT2D eigenvalue weighted by atomic mass is 9.97. The molecule has 0 saturated carbocycles. The number of amides is 1. The Morgan fingerprint density at radius 2 is 2.10 bits per heavy atom. The summed E-state index contributed by atoms with van der Waals surface area (Å²) in [4.78, 5) is 14.4. The van der Waals surface area contributed by atoms with Gasteiger partial charge in [0.2, 0.25) is 5.91 Å². The van der Waals surface area contributed by atoms with E-state index in [1.807, 2.05) is 24.3 Å². The van der Waals surface area contributed by atoms with Gasteiger partial charge in [-0.3, -0.25) is 9.69 Å². The third-order valence-electron chi connectivity index (χ3n) is 3.94. The number of para-hydroxylation sites is 1. The number of halogens is 1. The average Bonchev–Trinajstić information content (AvgIpc) is 2.50. The molecule has 5 heteroatoms. The Kier molecular flexibility index (Phi) is 6.67. The van der Waals surface area contributed by atoms with Crippen LogP contribution < -0.4 is 10.6 Å². The molecule has 1 aliphatic rings. The lowest BCUT2D eigenvalue weighted by Gasteiger charge is -2.28. The quantitative estimate of drug-likeness (QED) is 0.826. The van der Waals surface area contributed by atoms with Gasteiger partial charge in [0.1, 0.15) is 0 Å². The minimum atomic E-state index is 0.0534. The molecule has 21 heavy (non-hydrogen) atoms. The summed E-state index contributed by atoms with van der Waals surface area (Å²) in [7, 11) is 0. The van der Waals surface area contributed by atoms with Crippen LogP contribution in [0.15, 0.2) is 28.7 Å². The number of nitrogens with zero attached hydrogens (tertiary/aromatic N) is 1. The number of likely N-dealkylation sites (N-methyl/N-ethyl adjacent to an activating group) is 1. The molecule has 2 rings (SSSR count). The zero-order valence-electron chi connectivity index (χ0n) is 12.6. The van der Waals surface area contributed by atoms with Crippen LogP contribution in [0.4, 0.5) is 5.69 Å². The molecular weight excluding hydrogens is 330 g/mol. The number of carbonyl (C=O) groups excluding carboxylic acids is 1. The molecule has 0 aromatic heterocycles. The highest BCUT2D eigenvalue weighted by atomic mass is 79.9. The van der Waals surface area contributed by atoms with Crippen molar-refractivity contribution in [2.45, 2.75) is 19.8 Å². The summed E-state index contributed by atoms with van der Waals surface area (Å²) < 4.78 is 0.916. The molecule has 0 unspecified atom stereocenters. The SMILES string of the molecule is CCN(CC(=O)Nc1ccccc1Br)CC1CCNCC1. The Morgan fingerprint density at radius 3 is 2.76 bits per heavy atom. The molecule has 0 spiro atoms. The van der Waals surface area contributed by atoms with Crippen LogP contribution in [0.1, 0.15) is 19.8 Å². The molecule has 1 aromatic carbocycles. The Bertz CT molecular complexity index is 461. The monoisotopic (exact) mass is 353 g/mol. The first-order valence-electron chi connectivity index (χ1n) is 7.66. The predicted molar refractivity (Wildman–Crippen MR) is 90.5 cm³/mol. The first-order chi connectivity index (χ1) is 10.2. The van der Waals surface area contributed by atoms with Crippen molar-refractivity contribution in [3.05, 3.63) is 28.7 Å². The molecule has 1 aliphatic heterocycles. The number of nitrogens with one attached hydrogen (secondary N) is 2. The van der Waals surface area contributed by atoms with Gasteiger partial charge in [-0.15, -0.1) is 0 Å². The molecule has 0 bridgehead atoms. The maximum atomic E-state index is 12.2. The van der Waals surface area contributed by atoms with E-state index in [0.29, 0.717) is 12.5 Å². The maximum Gasteiger partial charge on any atom is 0.238 e. The molecular formula is C16H24BrN3O. The van der Waals surface area contributed by atoms with E-state index in [-0.39, 0.29) is 5.91 Å². The normalized spacial score (nSPS) is 16.1. The van der Waals surface area contributed by atoms with E-state index in [1.54, 1.807) is 0 Å². The highest BCUT2D eigenvalue weighted by Gasteiger charge is 2.18. The van der Waals surface area contributed by atoms with Gasteiger partial charge in [-0.05, 0) is 66.5 Å². The van der Waals surface area contributed by atoms with E-state index >= 15 is 0 Å². The van der Waals surface area contributed by atoms with Gasteiger partial charge in [-0.1, -0.05) is 19.1 Å². The molecule has 2 N–H and O–H groups in total. The van der Waals surface area contributed by atoms with E-state index in [9.17, 15) is 4.79 Å². The first kappa shape index (κ1) is 16.5. The van der Waals surface area contributed by atoms with Crippen molar-refractivity contribution in [1.82, 2.24) is 10.2 Å². The van der Waals surface area contributed by atoms with Crippen LogP contribution in [0.3, 0.4) is 0 Å². The van der Waals surface area contributed by atoms with Crippen LogP contribution >= 0.6 is 15.9 Å². The van der Waals surface area contributed by atoms with E-state index in [1.165, 1.54) is 12.8 Å². The minimum Gasteiger partial charge on any atom is -0.324 e. The maximum absolute atomic E-state index is 12.2. The fourth-order valence-electron chi connectivity index (χ4n) is 2.69. The lowest BCUT2D eigenvalue weighted by Crippen LogP contribution is -2.39. The fraction of sp³-hybridized carbons (Fsp3) is 0.562. The molecule has 116 valence electrons. The van der Waals surface area contributed by atoms with Crippen molar-refractivity contribution in [2.24, 2.45) is 5.92 Å². The van der Waals surface area contributed by atoms with Crippen molar-refractivity contribution in [1.29, 1.82) is 0 Å². The average molecular weight is 354 g/mol. The second kappa shape index (κ2) is 8.51. The summed E-state index contributed by atoms with van der Waals surface area (Å²) in [6.45, 7) is 6.71. The zero-order chi connectivity index (χ0) is 15.1. The van der Waals surface area contributed by atoms with Crippen LogP contribution in [0, 0.1) is 5.92 Å². The number of piperidine rings is 1. The van der Waals surface area contributed by atoms with Crippen molar-refractivity contribution in [3.8, 4) is 0 Å². The molecule has 1 heterocycles. The van der Waals surface area contributed by atoms with Crippen molar-refractivity contribution < 1.29 is 4.79 Å². The van der Waals surface area contributed by atoms with Crippen molar-refractivity contribution in [2.75, 3.05) is 38.0 Å². The summed E-state index contributed by atoms with van der Waals surface area (Å²) in [6.07, 6.45) is 2.42. The summed E-state index contributed by atoms with van der Waals surface area (Å²) in [5.41, 5.74) is 0.834. The van der Waals surface area contributed by atoms with Gasteiger partial charge in [-0.25, -0.2) is 0 Å². The molecule has 4 nitrogen and oxygen atoms in total. The van der Waals surface area contributed by atoms with Crippen molar-refractivity contribution >= 4 is 27.5 Å². The summed E-state index contributed by atoms with van der Waals surface area (Å²) >= 11 is 3.45.